The van der Waals surface area contributed by atoms with Crippen molar-refractivity contribution in [1.82, 2.24) is 9.80 Å². The van der Waals surface area contributed by atoms with Crippen LogP contribution in [0.3, 0.4) is 0 Å². The summed E-state index contributed by atoms with van der Waals surface area (Å²) < 4.78 is 5.11. The number of hydrogen-bond donors (Lipinski definition) is 0. The molecule has 90 valence electrons. The molecule has 1 saturated heterocycles. The zero-order chi connectivity index (χ0) is 12.1. The van der Waals surface area contributed by atoms with E-state index in [1.165, 1.54) is 7.05 Å². The first-order valence-corrected chi connectivity index (χ1v) is 5.26. The van der Waals surface area contributed by atoms with Crippen LogP contribution in [-0.4, -0.2) is 54.5 Å². The van der Waals surface area contributed by atoms with Gasteiger partial charge in [-0.1, -0.05) is 0 Å². The Kier molecular flexibility index (Phi) is 4.42. The van der Waals surface area contributed by atoms with Gasteiger partial charge in [-0.05, 0) is 13.3 Å². The summed E-state index contributed by atoms with van der Waals surface area (Å²) in [5.74, 6) is -0.874. The number of urea groups is 1. The summed E-state index contributed by atoms with van der Waals surface area (Å²) in [6, 6.07) is -0.544. The van der Waals surface area contributed by atoms with Crippen LogP contribution in [-0.2, 0) is 14.3 Å². The molecule has 1 heterocycles. The van der Waals surface area contributed by atoms with Crippen molar-refractivity contribution in [2.24, 2.45) is 0 Å². The molecule has 0 spiro atoms. The molecule has 1 fully saturated rings. The molecule has 1 rings (SSSR count). The van der Waals surface area contributed by atoms with Crippen LogP contribution in [0.4, 0.5) is 4.79 Å². The Morgan fingerprint density at radius 3 is 2.56 bits per heavy atom. The Balaban J connectivity index is 2.48. The molecule has 0 saturated carbocycles. The van der Waals surface area contributed by atoms with Crippen LogP contribution in [0.5, 0.6) is 0 Å². The first kappa shape index (κ1) is 12.6. The summed E-state index contributed by atoms with van der Waals surface area (Å²) in [7, 11) is 1.38. The number of nitrogens with zero attached hydrogens (tertiary/aromatic N) is 2. The predicted molar refractivity (Wildman–Crippen MR) is 55.6 cm³/mol. The molecule has 1 aliphatic heterocycles. The maximum absolute atomic E-state index is 11.6. The highest BCUT2D eigenvalue weighted by Crippen LogP contribution is 2.10. The summed E-state index contributed by atoms with van der Waals surface area (Å²) in [4.78, 5) is 36.3. The van der Waals surface area contributed by atoms with Crippen molar-refractivity contribution in [2.45, 2.75) is 19.8 Å². The quantitative estimate of drug-likeness (QED) is 0.499. The molecule has 16 heavy (non-hydrogen) atoms. The first-order valence-electron chi connectivity index (χ1n) is 5.26. The van der Waals surface area contributed by atoms with Gasteiger partial charge in [0.1, 0.15) is 6.42 Å². The minimum absolute atomic E-state index is 0.225. The van der Waals surface area contributed by atoms with Crippen LogP contribution in [0.25, 0.3) is 0 Å². The standard InChI is InChI=1S/C10H16N2O4/c1-3-16-6-4-5-12-9(14)7-8(13)11(2)10(12)15/h3-7H2,1-2H3. The highest BCUT2D eigenvalue weighted by molar-refractivity contribution is 6.13. The fourth-order valence-electron chi connectivity index (χ4n) is 1.43. The highest BCUT2D eigenvalue weighted by atomic mass is 16.5. The average molecular weight is 228 g/mol. The van der Waals surface area contributed by atoms with Gasteiger partial charge in [0.15, 0.2) is 0 Å². The van der Waals surface area contributed by atoms with Crippen molar-refractivity contribution in [2.75, 3.05) is 26.8 Å². The van der Waals surface area contributed by atoms with Gasteiger partial charge in [0.25, 0.3) is 0 Å². The third-order valence-electron chi connectivity index (χ3n) is 2.37. The molecular weight excluding hydrogens is 212 g/mol. The van der Waals surface area contributed by atoms with Gasteiger partial charge < -0.3 is 4.74 Å². The second-order valence-electron chi connectivity index (χ2n) is 3.51. The van der Waals surface area contributed by atoms with Gasteiger partial charge in [-0.3, -0.25) is 19.4 Å². The van der Waals surface area contributed by atoms with Gasteiger partial charge in [0, 0.05) is 26.8 Å². The van der Waals surface area contributed by atoms with E-state index in [4.69, 9.17) is 4.74 Å². The molecule has 0 bridgehead atoms. The van der Waals surface area contributed by atoms with E-state index in [1.54, 1.807) is 0 Å². The maximum atomic E-state index is 11.6. The van der Waals surface area contributed by atoms with E-state index in [0.717, 1.165) is 9.80 Å². The average Bonchev–Trinajstić information content (AvgIpc) is 2.25. The number of barbiturate groups is 1. The molecule has 4 amide bonds. The number of amides is 4. The lowest BCUT2D eigenvalue weighted by Gasteiger charge is -2.30. The molecule has 0 N–H and O–H groups in total. The molecule has 0 unspecified atom stereocenters. The largest absolute Gasteiger partial charge is 0.382 e. The third-order valence-corrected chi connectivity index (χ3v) is 2.37. The lowest BCUT2D eigenvalue weighted by Crippen LogP contribution is -2.53. The highest BCUT2D eigenvalue weighted by Gasteiger charge is 2.34. The van der Waals surface area contributed by atoms with Crippen LogP contribution < -0.4 is 0 Å². The van der Waals surface area contributed by atoms with Crippen LogP contribution in [0, 0.1) is 0 Å². The van der Waals surface area contributed by atoms with Crippen molar-refractivity contribution in [3.8, 4) is 0 Å². The van der Waals surface area contributed by atoms with Crippen molar-refractivity contribution >= 4 is 17.8 Å². The molecule has 0 aromatic rings. The molecule has 6 nitrogen and oxygen atoms in total. The van der Waals surface area contributed by atoms with Crippen molar-refractivity contribution in [1.29, 1.82) is 0 Å². The SMILES string of the molecule is CCOCCCN1C(=O)CC(=O)N(C)C1=O. The van der Waals surface area contributed by atoms with Crippen LogP contribution >= 0.6 is 0 Å². The van der Waals surface area contributed by atoms with E-state index >= 15 is 0 Å². The van der Waals surface area contributed by atoms with Gasteiger partial charge in [-0.2, -0.15) is 0 Å². The number of carbonyl (C=O) groups excluding carboxylic acids is 3. The van der Waals surface area contributed by atoms with Crippen LogP contribution in [0.2, 0.25) is 0 Å². The van der Waals surface area contributed by atoms with Gasteiger partial charge in [0.2, 0.25) is 11.8 Å². The molecule has 0 aromatic carbocycles. The summed E-state index contributed by atoms with van der Waals surface area (Å²) in [5, 5.41) is 0. The van der Waals surface area contributed by atoms with E-state index in [1.807, 2.05) is 6.92 Å². The summed E-state index contributed by atoms with van der Waals surface area (Å²) in [6.45, 7) is 3.30. The maximum Gasteiger partial charge on any atom is 0.333 e. The van der Waals surface area contributed by atoms with Gasteiger partial charge >= 0.3 is 6.03 Å². The second-order valence-corrected chi connectivity index (χ2v) is 3.51. The Morgan fingerprint density at radius 1 is 1.25 bits per heavy atom. The first-order chi connectivity index (χ1) is 7.57. The monoisotopic (exact) mass is 228 g/mol. The van der Waals surface area contributed by atoms with Crippen molar-refractivity contribution in [3.05, 3.63) is 0 Å². The minimum Gasteiger partial charge on any atom is -0.382 e. The molecule has 0 aromatic heterocycles. The Labute approximate surface area is 94.1 Å². The second kappa shape index (κ2) is 5.60. The van der Waals surface area contributed by atoms with Crippen LogP contribution in [0.15, 0.2) is 0 Å². The van der Waals surface area contributed by atoms with E-state index < -0.39 is 17.8 Å². The van der Waals surface area contributed by atoms with E-state index in [-0.39, 0.29) is 6.42 Å². The number of hydrogen-bond acceptors (Lipinski definition) is 4. The Bertz CT molecular complexity index is 303. The number of ether oxygens (including phenoxy) is 1. The number of rotatable bonds is 5. The fraction of sp³-hybridized carbons (Fsp3) is 0.700. The van der Waals surface area contributed by atoms with E-state index in [2.05, 4.69) is 0 Å². The lowest BCUT2D eigenvalue weighted by atomic mass is 10.2. The Hall–Kier alpha value is -1.43. The molecule has 0 aliphatic carbocycles. The summed E-state index contributed by atoms with van der Waals surface area (Å²) in [6.07, 6.45) is 0.365. The van der Waals surface area contributed by atoms with Gasteiger partial charge in [-0.25, -0.2) is 4.79 Å². The zero-order valence-corrected chi connectivity index (χ0v) is 9.56. The fourth-order valence-corrected chi connectivity index (χ4v) is 1.43. The zero-order valence-electron chi connectivity index (χ0n) is 9.56. The minimum atomic E-state index is -0.544. The normalized spacial score (nSPS) is 17.2. The lowest BCUT2D eigenvalue weighted by molar-refractivity contribution is -0.141. The van der Waals surface area contributed by atoms with Crippen LogP contribution in [0.1, 0.15) is 19.8 Å². The van der Waals surface area contributed by atoms with Crippen molar-refractivity contribution < 1.29 is 19.1 Å². The third kappa shape index (κ3) is 2.79. The molecule has 1 aliphatic rings. The summed E-state index contributed by atoms with van der Waals surface area (Å²) in [5.41, 5.74) is 0. The molecule has 6 heteroatoms. The molecule has 0 atom stereocenters. The molecule has 0 radical (unpaired) electrons. The predicted octanol–water partition coefficient (Wildman–Crippen LogP) is 0.224. The van der Waals surface area contributed by atoms with Crippen molar-refractivity contribution in [3.63, 3.8) is 0 Å². The van der Waals surface area contributed by atoms with Gasteiger partial charge in [0.05, 0.1) is 0 Å². The molecular formula is C10H16N2O4. The topological polar surface area (TPSA) is 66.9 Å². The number of carbonyl (C=O) groups is 3. The van der Waals surface area contributed by atoms with E-state index in [0.29, 0.717) is 26.2 Å². The smallest absolute Gasteiger partial charge is 0.333 e. The number of imide groups is 2. The van der Waals surface area contributed by atoms with E-state index in [9.17, 15) is 14.4 Å². The Morgan fingerprint density at radius 2 is 1.94 bits per heavy atom. The summed E-state index contributed by atoms with van der Waals surface area (Å²) >= 11 is 0. The van der Waals surface area contributed by atoms with Gasteiger partial charge in [-0.15, -0.1) is 0 Å².